The van der Waals surface area contributed by atoms with E-state index >= 15 is 0 Å². The first kappa shape index (κ1) is 22.0. The number of rotatable bonds is 4. The summed E-state index contributed by atoms with van der Waals surface area (Å²) >= 11 is 0. The van der Waals surface area contributed by atoms with Gasteiger partial charge in [0.2, 0.25) is 0 Å². The minimum Gasteiger partial charge on any atom is -0.332 e. The van der Waals surface area contributed by atoms with Crippen molar-refractivity contribution in [2.75, 3.05) is 0 Å². The zero-order chi connectivity index (χ0) is 23.5. The van der Waals surface area contributed by atoms with E-state index in [9.17, 15) is 9.59 Å². The molecule has 0 saturated carbocycles. The summed E-state index contributed by atoms with van der Waals surface area (Å²) in [6.07, 6.45) is 4.91. The Bertz CT molecular complexity index is 1440. The van der Waals surface area contributed by atoms with Gasteiger partial charge < -0.3 is 9.88 Å². The molecule has 33 heavy (non-hydrogen) atoms. The number of amides is 1. The monoisotopic (exact) mass is 440 g/mol. The highest BCUT2D eigenvalue weighted by atomic mass is 16.2. The number of aryl methyl sites for hydroxylation is 2. The van der Waals surface area contributed by atoms with E-state index in [-0.39, 0.29) is 24.1 Å². The smallest absolute Gasteiger partial charge is 0.255 e. The van der Waals surface area contributed by atoms with Crippen LogP contribution in [-0.2, 0) is 6.54 Å². The van der Waals surface area contributed by atoms with Gasteiger partial charge in [-0.05, 0) is 63.4 Å². The van der Waals surface area contributed by atoms with Crippen molar-refractivity contribution in [3.8, 4) is 11.8 Å². The summed E-state index contributed by atoms with van der Waals surface area (Å²) in [5.41, 5.74) is 4.17. The molecular formula is C25H24N6O2. The highest BCUT2D eigenvalue weighted by Gasteiger charge is 2.24. The Labute approximate surface area is 191 Å². The molecule has 4 heterocycles. The molecule has 0 fully saturated rings. The molecule has 0 bridgehead atoms. The van der Waals surface area contributed by atoms with E-state index in [1.165, 1.54) is 0 Å². The van der Waals surface area contributed by atoms with E-state index in [1.807, 2.05) is 33.8 Å². The van der Waals surface area contributed by atoms with Gasteiger partial charge in [-0.3, -0.25) is 19.7 Å². The van der Waals surface area contributed by atoms with E-state index in [0.29, 0.717) is 27.9 Å². The van der Waals surface area contributed by atoms with Gasteiger partial charge in [-0.25, -0.2) is 4.98 Å². The number of nitrogens with zero attached hydrogens (tertiary/aromatic N) is 4. The predicted molar refractivity (Wildman–Crippen MR) is 126 cm³/mol. The lowest BCUT2D eigenvalue weighted by atomic mass is 10.1. The zero-order valence-corrected chi connectivity index (χ0v) is 18.9. The van der Waals surface area contributed by atoms with Gasteiger partial charge in [-0.15, -0.1) is 0 Å². The number of carbonyl (C=O) groups excluding carboxylic acids is 1. The number of aromatic nitrogens is 5. The molecule has 4 rings (SSSR count). The van der Waals surface area contributed by atoms with E-state index in [0.717, 1.165) is 16.8 Å². The molecule has 0 aromatic carbocycles. The van der Waals surface area contributed by atoms with E-state index in [4.69, 9.17) is 0 Å². The second kappa shape index (κ2) is 9.09. The van der Waals surface area contributed by atoms with Gasteiger partial charge in [0.15, 0.2) is 5.65 Å². The van der Waals surface area contributed by atoms with Gasteiger partial charge in [0, 0.05) is 35.3 Å². The normalized spacial score (nSPS) is 10.8. The summed E-state index contributed by atoms with van der Waals surface area (Å²) < 4.78 is 0. The maximum absolute atomic E-state index is 13.7. The van der Waals surface area contributed by atoms with Crippen LogP contribution in [0.5, 0.6) is 0 Å². The molecule has 4 aromatic rings. The lowest BCUT2D eigenvalue weighted by Gasteiger charge is -2.27. The van der Waals surface area contributed by atoms with Crippen LogP contribution < -0.4 is 5.56 Å². The topological polar surface area (TPSA) is 108 Å². The molecule has 1 amide bonds. The molecule has 0 aliphatic heterocycles. The highest BCUT2D eigenvalue weighted by Crippen LogP contribution is 2.21. The Morgan fingerprint density at radius 3 is 2.61 bits per heavy atom. The van der Waals surface area contributed by atoms with Crippen LogP contribution in [0.3, 0.4) is 0 Å². The number of fused-ring (bicyclic) bond motifs is 1. The largest absolute Gasteiger partial charge is 0.332 e. The van der Waals surface area contributed by atoms with Crippen LogP contribution in [0.4, 0.5) is 0 Å². The first-order valence-electron chi connectivity index (χ1n) is 10.6. The van der Waals surface area contributed by atoms with Crippen molar-refractivity contribution in [3.63, 3.8) is 0 Å². The van der Waals surface area contributed by atoms with Gasteiger partial charge in [0.1, 0.15) is 5.69 Å². The van der Waals surface area contributed by atoms with Crippen molar-refractivity contribution in [2.45, 2.75) is 40.3 Å². The van der Waals surface area contributed by atoms with Crippen LogP contribution in [0.25, 0.3) is 11.0 Å². The first-order chi connectivity index (χ1) is 15.8. The average molecular weight is 441 g/mol. The number of aromatic amines is 2. The molecule has 0 unspecified atom stereocenters. The second-order valence-corrected chi connectivity index (χ2v) is 8.14. The highest BCUT2D eigenvalue weighted by molar-refractivity contribution is 6.05. The summed E-state index contributed by atoms with van der Waals surface area (Å²) in [4.78, 5) is 39.3. The number of carbonyl (C=O) groups is 1. The number of nitrogens with one attached hydrogen (secondary N) is 2. The van der Waals surface area contributed by atoms with E-state index < -0.39 is 0 Å². The third-order valence-electron chi connectivity index (χ3n) is 5.37. The average Bonchev–Trinajstić information content (AvgIpc) is 3.25. The van der Waals surface area contributed by atoms with Crippen LogP contribution >= 0.6 is 0 Å². The lowest BCUT2D eigenvalue weighted by Crippen LogP contribution is -2.38. The molecule has 4 aromatic heterocycles. The quantitative estimate of drug-likeness (QED) is 0.474. The SMILES string of the molecule is Cc1cc(C)c(CN(C(=O)c2cc(C#Cc3ccncc3)nc3[nH]ncc23)C(C)C)c(=O)[nH]1. The van der Waals surface area contributed by atoms with E-state index in [2.05, 4.69) is 37.0 Å². The summed E-state index contributed by atoms with van der Waals surface area (Å²) in [5.74, 6) is 5.84. The van der Waals surface area contributed by atoms with Crippen molar-refractivity contribution in [1.82, 2.24) is 30.0 Å². The third-order valence-corrected chi connectivity index (χ3v) is 5.37. The summed E-state index contributed by atoms with van der Waals surface area (Å²) in [6, 6.07) is 7.05. The molecule has 0 aliphatic carbocycles. The molecule has 8 heteroatoms. The van der Waals surface area contributed by atoms with Crippen LogP contribution in [0, 0.1) is 25.7 Å². The van der Waals surface area contributed by atoms with Gasteiger partial charge in [0.05, 0.1) is 23.7 Å². The first-order valence-corrected chi connectivity index (χ1v) is 10.6. The van der Waals surface area contributed by atoms with Crippen molar-refractivity contribution in [3.05, 3.63) is 86.9 Å². The Hall–Kier alpha value is -4.25. The van der Waals surface area contributed by atoms with Crippen molar-refractivity contribution in [1.29, 1.82) is 0 Å². The minimum absolute atomic E-state index is 0.140. The van der Waals surface area contributed by atoms with Gasteiger partial charge in [-0.1, -0.05) is 5.92 Å². The van der Waals surface area contributed by atoms with Gasteiger partial charge >= 0.3 is 0 Å². The van der Waals surface area contributed by atoms with Gasteiger partial charge in [-0.2, -0.15) is 5.10 Å². The molecule has 8 nitrogen and oxygen atoms in total. The van der Waals surface area contributed by atoms with Crippen LogP contribution in [0.2, 0.25) is 0 Å². The Morgan fingerprint density at radius 1 is 1.15 bits per heavy atom. The second-order valence-electron chi connectivity index (χ2n) is 8.14. The fraction of sp³-hybridized carbons (Fsp3) is 0.240. The van der Waals surface area contributed by atoms with Gasteiger partial charge in [0.25, 0.3) is 11.5 Å². The molecule has 166 valence electrons. The van der Waals surface area contributed by atoms with Crippen molar-refractivity contribution in [2.24, 2.45) is 0 Å². The number of hydrogen-bond acceptors (Lipinski definition) is 5. The Morgan fingerprint density at radius 2 is 1.91 bits per heavy atom. The molecule has 2 N–H and O–H groups in total. The summed E-state index contributed by atoms with van der Waals surface area (Å²) in [7, 11) is 0. The van der Waals surface area contributed by atoms with Crippen LogP contribution in [0.15, 0.2) is 47.7 Å². The van der Waals surface area contributed by atoms with Crippen molar-refractivity contribution >= 4 is 16.9 Å². The standard InChI is InChI=1S/C25H24N6O2/c1-15(2)31(14-22-16(3)11-17(4)28-24(22)32)25(33)20-12-19(29-23-21(20)13-27-30-23)6-5-18-7-9-26-10-8-18/h7-13,15H,14H2,1-4H3,(H,28,32)(H,27,29,30). The Kier molecular flexibility index (Phi) is 6.05. The molecule has 0 atom stereocenters. The molecule has 0 aliphatic rings. The van der Waals surface area contributed by atoms with Crippen molar-refractivity contribution < 1.29 is 4.79 Å². The maximum Gasteiger partial charge on any atom is 0.255 e. The molecule has 0 radical (unpaired) electrons. The minimum atomic E-state index is -0.217. The van der Waals surface area contributed by atoms with Crippen LogP contribution in [-0.4, -0.2) is 42.0 Å². The molecular weight excluding hydrogens is 416 g/mol. The van der Waals surface area contributed by atoms with E-state index in [1.54, 1.807) is 41.7 Å². The zero-order valence-electron chi connectivity index (χ0n) is 18.9. The number of pyridine rings is 3. The number of hydrogen-bond donors (Lipinski definition) is 2. The Balaban J connectivity index is 1.75. The molecule has 0 saturated heterocycles. The summed E-state index contributed by atoms with van der Waals surface area (Å²) in [5, 5.41) is 7.50. The third kappa shape index (κ3) is 4.67. The maximum atomic E-state index is 13.7. The lowest BCUT2D eigenvalue weighted by molar-refractivity contribution is 0.0691. The fourth-order valence-electron chi connectivity index (χ4n) is 3.63. The predicted octanol–water partition coefficient (Wildman–Crippen LogP) is 3.11. The summed E-state index contributed by atoms with van der Waals surface area (Å²) in [6.45, 7) is 7.76. The fourth-order valence-corrected chi connectivity index (χ4v) is 3.63. The number of H-pyrrole nitrogens is 2. The molecule has 0 spiro atoms. The van der Waals surface area contributed by atoms with Crippen LogP contribution in [0.1, 0.15) is 52.3 Å².